The molecule has 1 aliphatic rings. The van der Waals surface area contributed by atoms with Crippen molar-refractivity contribution in [2.45, 2.75) is 31.4 Å². The van der Waals surface area contributed by atoms with Gasteiger partial charge in [-0.05, 0) is 43.5 Å². The number of ether oxygens (including phenoxy) is 2. The van der Waals surface area contributed by atoms with E-state index < -0.39 is 12.1 Å². The van der Waals surface area contributed by atoms with E-state index >= 15 is 0 Å². The van der Waals surface area contributed by atoms with Crippen molar-refractivity contribution >= 4 is 11.6 Å². The summed E-state index contributed by atoms with van der Waals surface area (Å²) in [6.45, 7) is 1.31. The SMILES string of the molecule is CN1C(=O)[C@@H](N)[C@@H](c2ccccc2)Oc2ccc(OCCCCCN)cc21. The normalized spacial score (nSPS) is 19.2. The number of likely N-dealkylation sites (N-methyl/N-ethyl adjacent to an activating group) is 1. The maximum Gasteiger partial charge on any atom is 0.247 e. The van der Waals surface area contributed by atoms with Crippen molar-refractivity contribution in [2.24, 2.45) is 11.5 Å². The van der Waals surface area contributed by atoms with Crippen molar-refractivity contribution < 1.29 is 14.3 Å². The summed E-state index contributed by atoms with van der Waals surface area (Å²) in [5.41, 5.74) is 13.3. The fraction of sp³-hybridized carbons (Fsp3) is 0.381. The minimum absolute atomic E-state index is 0.192. The second-order valence-electron chi connectivity index (χ2n) is 6.70. The third-order valence-corrected chi connectivity index (χ3v) is 4.73. The number of unbranched alkanes of at least 4 members (excludes halogenated alkanes) is 2. The second-order valence-corrected chi connectivity index (χ2v) is 6.70. The van der Waals surface area contributed by atoms with Gasteiger partial charge in [0.15, 0.2) is 0 Å². The Bertz CT molecular complexity index is 767. The molecule has 6 nitrogen and oxygen atoms in total. The van der Waals surface area contributed by atoms with Crippen LogP contribution in [0.4, 0.5) is 5.69 Å². The number of benzene rings is 2. The number of nitrogens with zero attached hydrogens (tertiary/aromatic N) is 1. The average molecular weight is 369 g/mol. The van der Waals surface area contributed by atoms with Gasteiger partial charge < -0.3 is 25.8 Å². The first-order chi connectivity index (χ1) is 13.1. The van der Waals surface area contributed by atoms with Crippen LogP contribution in [-0.2, 0) is 4.79 Å². The van der Waals surface area contributed by atoms with Gasteiger partial charge in [-0.1, -0.05) is 30.3 Å². The lowest BCUT2D eigenvalue weighted by molar-refractivity contribution is -0.121. The van der Waals surface area contributed by atoms with Crippen molar-refractivity contribution in [3.05, 3.63) is 54.1 Å². The maximum atomic E-state index is 12.8. The molecule has 2 aromatic carbocycles. The van der Waals surface area contributed by atoms with Crippen molar-refractivity contribution in [1.82, 2.24) is 0 Å². The zero-order valence-corrected chi connectivity index (χ0v) is 15.6. The summed E-state index contributed by atoms with van der Waals surface area (Å²) in [7, 11) is 1.71. The smallest absolute Gasteiger partial charge is 0.247 e. The molecule has 1 amide bonds. The van der Waals surface area contributed by atoms with Crippen molar-refractivity contribution in [3.8, 4) is 11.5 Å². The van der Waals surface area contributed by atoms with Crippen LogP contribution in [0, 0.1) is 0 Å². The lowest BCUT2D eigenvalue weighted by Gasteiger charge is -2.22. The number of nitrogens with two attached hydrogens (primary N) is 2. The standard InChI is InChI=1S/C21H27N3O3/c1-24-17-14-16(26-13-7-3-6-12-22)10-11-18(17)27-20(19(23)21(24)25)15-8-4-2-5-9-15/h2,4-5,8-11,14,19-20H,3,6-7,12-13,22-23H2,1H3/t19-,20+/m0/s1. The zero-order valence-electron chi connectivity index (χ0n) is 15.6. The summed E-state index contributed by atoms with van der Waals surface area (Å²) in [6, 6.07) is 14.3. The summed E-state index contributed by atoms with van der Waals surface area (Å²) in [6.07, 6.45) is 2.44. The van der Waals surface area contributed by atoms with Gasteiger partial charge in [0.1, 0.15) is 23.6 Å². The Balaban J connectivity index is 1.80. The molecular weight excluding hydrogens is 342 g/mol. The van der Waals surface area contributed by atoms with Crippen molar-refractivity contribution in [1.29, 1.82) is 0 Å². The van der Waals surface area contributed by atoms with Crippen LogP contribution < -0.4 is 25.8 Å². The number of carbonyl (C=O) groups excluding carboxylic acids is 1. The van der Waals surface area contributed by atoms with E-state index in [1.807, 2.05) is 48.5 Å². The quantitative estimate of drug-likeness (QED) is 0.732. The Labute approximate surface area is 160 Å². The van der Waals surface area contributed by atoms with E-state index in [1.54, 1.807) is 11.9 Å². The first kappa shape index (κ1) is 19.2. The number of hydrogen-bond donors (Lipinski definition) is 2. The van der Waals surface area contributed by atoms with Crippen LogP contribution in [0.25, 0.3) is 0 Å². The highest BCUT2D eigenvalue weighted by molar-refractivity contribution is 5.99. The Hall–Kier alpha value is -2.57. The molecule has 3 rings (SSSR count). The van der Waals surface area contributed by atoms with Crippen LogP contribution in [0.3, 0.4) is 0 Å². The third kappa shape index (κ3) is 4.40. The molecule has 0 spiro atoms. The second kappa shape index (κ2) is 8.88. The summed E-state index contributed by atoms with van der Waals surface area (Å²) in [5, 5.41) is 0. The summed E-state index contributed by atoms with van der Waals surface area (Å²) >= 11 is 0. The number of hydrogen-bond acceptors (Lipinski definition) is 5. The van der Waals surface area contributed by atoms with Gasteiger partial charge in [-0.2, -0.15) is 0 Å². The Morgan fingerprint density at radius 3 is 2.63 bits per heavy atom. The van der Waals surface area contributed by atoms with Gasteiger partial charge in [-0.25, -0.2) is 0 Å². The molecule has 4 N–H and O–H groups in total. The van der Waals surface area contributed by atoms with E-state index in [-0.39, 0.29) is 5.91 Å². The molecule has 0 aliphatic carbocycles. The molecule has 0 unspecified atom stereocenters. The van der Waals surface area contributed by atoms with Crippen LogP contribution in [0.1, 0.15) is 30.9 Å². The molecule has 2 atom stereocenters. The Morgan fingerprint density at radius 2 is 1.89 bits per heavy atom. The minimum Gasteiger partial charge on any atom is -0.494 e. The Kier molecular flexibility index (Phi) is 6.32. The highest BCUT2D eigenvalue weighted by Gasteiger charge is 2.35. The first-order valence-electron chi connectivity index (χ1n) is 9.33. The first-order valence-corrected chi connectivity index (χ1v) is 9.33. The minimum atomic E-state index is -0.787. The van der Waals surface area contributed by atoms with E-state index in [2.05, 4.69) is 0 Å². The molecule has 27 heavy (non-hydrogen) atoms. The van der Waals surface area contributed by atoms with Gasteiger partial charge >= 0.3 is 0 Å². The molecule has 0 saturated carbocycles. The van der Waals surface area contributed by atoms with Crippen LogP contribution in [0.5, 0.6) is 11.5 Å². The fourth-order valence-electron chi connectivity index (χ4n) is 3.16. The number of amides is 1. The average Bonchev–Trinajstić information content (AvgIpc) is 2.79. The maximum absolute atomic E-state index is 12.8. The fourth-order valence-corrected chi connectivity index (χ4v) is 3.16. The molecule has 0 aromatic heterocycles. The highest BCUT2D eigenvalue weighted by Crippen LogP contribution is 2.39. The monoisotopic (exact) mass is 369 g/mol. The van der Waals surface area contributed by atoms with Gasteiger partial charge in [0.05, 0.1) is 12.3 Å². The van der Waals surface area contributed by atoms with Gasteiger partial charge in [0.25, 0.3) is 0 Å². The molecule has 1 aliphatic heterocycles. The van der Waals surface area contributed by atoms with Gasteiger partial charge in [-0.15, -0.1) is 0 Å². The Morgan fingerprint density at radius 1 is 1.11 bits per heavy atom. The molecule has 6 heteroatoms. The molecule has 0 bridgehead atoms. The highest BCUT2D eigenvalue weighted by atomic mass is 16.5. The van der Waals surface area contributed by atoms with E-state index in [9.17, 15) is 4.79 Å². The molecule has 144 valence electrons. The number of rotatable bonds is 7. The van der Waals surface area contributed by atoms with Crippen molar-refractivity contribution in [2.75, 3.05) is 25.1 Å². The molecule has 1 heterocycles. The largest absolute Gasteiger partial charge is 0.494 e. The van der Waals surface area contributed by atoms with E-state index in [1.165, 1.54) is 0 Å². The van der Waals surface area contributed by atoms with Crippen molar-refractivity contribution in [3.63, 3.8) is 0 Å². The summed E-state index contributed by atoms with van der Waals surface area (Å²) in [4.78, 5) is 14.3. The molecule has 2 aromatic rings. The molecular formula is C21H27N3O3. The lowest BCUT2D eigenvalue weighted by Crippen LogP contribution is -2.45. The predicted octanol–water partition coefficient (Wildman–Crippen LogP) is 2.62. The molecule has 0 saturated heterocycles. The van der Waals surface area contributed by atoms with Crippen LogP contribution in [0.15, 0.2) is 48.5 Å². The van der Waals surface area contributed by atoms with Crippen LogP contribution in [0.2, 0.25) is 0 Å². The summed E-state index contributed by atoms with van der Waals surface area (Å²) < 4.78 is 12.0. The van der Waals surface area contributed by atoms with E-state index in [4.69, 9.17) is 20.9 Å². The summed E-state index contributed by atoms with van der Waals surface area (Å²) in [5.74, 6) is 1.13. The number of anilines is 1. The predicted molar refractivity (Wildman–Crippen MR) is 106 cm³/mol. The van der Waals surface area contributed by atoms with Gasteiger partial charge in [0, 0.05) is 13.1 Å². The van der Waals surface area contributed by atoms with E-state index in [0.717, 1.165) is 24.8 Å². The topological polar surface area (TPSA) is 90.8 Å². The van der Waals surface area contributed by atoms with Crippen LogP contribution >= 0.6 is 0 Å². The van der Waals surface area contributed by atoms with Gasteiger partial charge in [0.2, 0.25) is 5.91 Å². The molecule has 0 fully saturated rings. The number of carbonyl (C=O) groups is 1. The van der Waals surface area contributed by atoms with E-state index in [0.29, 0.717) is 30.3 Å². The third-order valence-electron chi connectivity index (χ3n) is 4.73. The zero-order chi connectivity index (χ0) is 19.2. The van der Waals surface area contributed by atoms with Gasteiger partial charge in [-0.3, -0.25) is 4.79 Å². The van der Waals surface area contributed by atoms with Crippen LogP contribution in [-0.4, -0.2) is 32.1 Å². The lowest BCUT2D eigenvalue weighted by atomic mass is 10.0. The molecule has 0 radical (unpaired) electrons. The number of fused-ring (bicyclic) bond motifs is 1.